The van der Waals surface area contributed by atoms with E-state index in [1.54, 1.807) is 4.90 Å². The first kappa shape index (κ1) is 18.4. The van der Waals surface area contributed by atoms with E-state index < -0.39 is 6.04 Å². The molecule has 2 aliphatic heterocycles. The molecule has 2 unspecified atom stereocenters. The van der Waals surface area contributed by atoms with Crippen LogP contribution in [0.1, 0.15) is 38.2 Å². The molecule has 140 valence electrons. The summed E-state index contributed by atoms with van der Waals surface area (Å²) in [7, 11) is 1.46. The largest absolute Gasteiger partial charge is 0.375 e. The normalized spacial score (nSPS) is 22.8. The molecule has 1 N–H and O–H groups in total. The Balaban J connectivity index is 1.73. The van der Waals surface area contributed by atoms with Gasteiger partial charge in [0.1, 0.15) is 12.6 Å². The van der Waals surface area contributed by atoms with Gasteiger partial charge >= 0.3 is 6.03 Å². The summed E-state index contributed by atoms with van der Waals surface area (Å²) >= 11 is 0. The molecule has 2 saturated heterocycles. The van der Waals surface area contributed by atoms with Crippen molar-refractivity contribution in [3.05, 3.63) is 29.8 Å². The smallest absolute Gasteiger partial charge is 0.332 e. The average Bonchev–Trinajstić information content (AvgIpc) is 2.86. The van der Waals surface area contributed by atoms with Crippen molar-refractivity contribution in [2.45, 2.75) is 44.7 Å². The van der Waals surface area contributed by atoms with Crippen molar-refractivity contribution in [2.75, 3.05) is 25.2 Å². The molecule has 0 radical (unpaired) electrons. The van der Waals surface area contributed by atoms with E-state index in [0.717, 1.165) is 5.56 Å². The summed E-state index contributed by atoms with van der Waals surface area (Å²) in [5.41, 5.74) is 1.75. The molecule has 2 fully saturated rings. The number of benzene rings is 1. The number of imide groups is 1. The first-order valence-electron chi connectivity index (χ1n) is 8.95. The van der Waals surface area contributed by atoms with Crippen molar-refractivity contribution in [3.8, 4) is 0 Å². The van der Waals surface area contributed by atoms with E-state index in [1.807, 2.05) is 24.3 Å². The van der Waals surface area contributed by atoms with Gasteiger partial charge in [-0.1, -0.05) is 26.0 Å². The van der Waals surface area contributed by atoms with Gasteiger partial charge < -0.3 is 15.0 Å². The number of nitrogens with one attached hydrogen (secondary N) is 1. The van der Waals surface area contributed by atoms with Crippen molar-refractivity contribution >= 4 is 23.5 Å². The van der Waals surface area contributed by atoms with Crippen molar-refractivity contribution in [2.24, 2.45) is 0 Å². The molecular formula is C19H25N3O4. The monoisotopic (exact) mass is 359 g/mol. The number of carbonyl (C=O) groups is 3. The minimum absolute atomic E-state index is 0.00785. The number of piperidine rings is 1. The highest BCUT2D eigenvalue weighted by molar-refractivity contribution is 6.21. The number of anilines is 1. The highest BCUT2D eigenvalue weighted by Crippen LogP contribution is 2.31. The number of hydrogen-bond donors (Lipinski definition) is 1. The second-order valence-corrected chi connectivity index (χ2v) is 7.13. The molecule has 7 heteroatoms. The van der Waals surface area contributed by atoms with Crippen LogP contribution in [0.25, 0.3) is 0 Å². The van der Waals surface area contributed by atoms with E-state index in [4.69, 9.17) is 4.74 Å². The minimum Gasteiger partial charge on any atom is -0.375 e. The topological polar surface area (TPSA) is 79.0 Å². The van der Waals surface area contributed by atoms with E-state index >= 15 is 0 Å². The number of methoxy groups -OCH3 is 1. The van der Waals surface area contributed by atoms with Gasteiger partial charge in [0.25, 0.3) is 5.91 Å². The second kappa shape index (κ2) is 7.45. The number of fused-ring (bicyclic) bond motifs is 1. The van der Waals surface area contributed by atoms with E-state index in [2.05, 4.69) is 19.2 Å². The summed E-state index contributed by atoms with van der Waals surface area (Å²) in [6.45, 7) is 4.64. The molecule has 26 heavy (non-hydrogen) atoms. The van der Waals surface area contributed by atoms with Gasteiger partial charge in [0, 0.05) is 19.7 Å². The van der Waals surface area contributed by atoms with Gasteiger partial charge in [0.05, 0.1) is 5.69 Å². The lowest BCUT2D eigenvalue weighted by molar-refractivity contribution is -0.127. The van der Waals surface area contributed by atoms with E-state index in [9.17, 15) is 14.4 Å². The summed E-state index contributed by atoms with van der Waals surface area (Å²) in [6.07, 6.45) is 1.06. The molecule has 7 nitrogen and oxygen atoms in total. The number of urea groups is 1. The van der Waals surface area contributed by atoms with E-state index in [0.29, 0.717) is 31.0 Å². The van der Waals surface area contributed by atoms with Gasteiger partial charge in [-0.05, 0) is 36.5 Å². The van der Waals surface area contributed by atoms with Crippen molar-refractivity contribution in [1.82, 2.24) is 10.2 Å². The molecule has 2 aliphatic rings. The Labute approximate surface area is 153 Å². The van der Waals surface area contributed by atoms with Crippen LogP contribution < -0.4 is 10.2 Å². The molecule has 0 aromatic heterocycles. The first-order valence-corrected chi connectivity index (χ1v) is 8.95. The number of ether oxygens (including phenoxy) is 1. The van der Waals surface area contributed by atoms with Crippen LogP contribution in [0.4, 0.5) is 10.5 Å². The SMILES string of the molecule is COCC(=O)NC1CCN2C(=O)N(c3ccc(C(C)C)cc3)C(=O)C2C1. The van der Waals surface area contributed by atoms with E-state index in [1.165, 1.54) is 12.0 Å². The van der Waals surface area contributed by atoms with Gasteiger partial charge in [-0.2, -0.15) is 0 Å². The standard InChI is InChI=1S/C19H25N3O4/c1-12(2)13-4-6-15(7-5-13)22-18(24)16-10-14(20-17(23)11-26-3)8-9-21(16)19(22)25/h4-7,12,14,16H,8-11H2,1-3H3,(H,20,23). The molecule has 3 rings (SSSR count). The molecular weight excluding hydrogens is 334 g/mol. The van der Waals surface area contributed by atoms with Gasteiger partial charge in [-0.3, -0.25) is 9.59 Å². The minimum atomic E-state index is -0.520. The Morgan fingerprint density at radius 2 is 1.96 bits per heavy atom. The summed E-state index contributed by atoms with van der Waals surface area (Å²) < 4.78 is 4.82. The number of carbonyl (C=O) groups excluding carboxylic acids is 3. The Bertz CT molecular complexity index is 701. The maximum atomic E-state index is 12.9. The third kappa shape index (κ3) is 3.44. The van der Waals surface area contributed by atoms with Crippen LogP contribution in [0.3, 0.4) is 0 Å². The zero-order valence-electron chi connectivity index (χ0n) is 15.4. The third-order valence-electron chi connectivity index (χ3n) is 5.00. The summed E-state index contributed by atoms with van der Waals surface area (Å²) in [5, 5.41) is 2.87. The molecule has 0 saturated carbocycles. The zero-order valence-corrected chi connectivity index (χ0v) is 15.4. The average molecular weight is 359 g/mol. The molecule has 2 heterocycles. The number of amides is 4. The lowest BCUT2D eigenvalue weighted by Gasteiger charge is -2.32. The molecule has 0 bridgehead atoms. The highest BCUT2D eigenvalue weighted by atomic mass is 16.5. The lowest BCUT2D eigenvalue weighted by atomic mass is 9.98. The van der Waals surface area contributed by atoms with Crippen LogP contribution in [0.2, 0.25) is 0 Å². The summed E-state index contributed by atoms with van der Waals surface area (Å²) in [4.78, 5) is 40.2. The Kier molecular flexibility index (Phi) is 5.27. The van der Waals surface area contributed by atoms with Crippen LogP contribution in [0.5, 0.6) is 0 Å². The number of rotatable bonds is 5. The molecule has 0 aliphatic carbocycles. The summed E-state index contributed by atoms with van der Waals surface area (Å²) in [5.74, 6) is -0.0429. The molecule has 1 aromatic rings. The lowest BCUT2D eigenvalue weighted by Crippen LogP contribution is -2.50. The van der Waals surface area contributed by atoms with Crippen LogP contribution in [-0.4, -0.2) is 55.1 Å². The fourth-order valence-electron chi connectivity index (χ4n) is 3.58. The van der Waals surface area contributed by atoms with Gasteiger partial charge in [0.2, 0.25) is 5.91 Å². The van der Waals surface area contributed by atoms with Gasteiger partial charge in [-0.25, -0.2) is 9.69 Å². The maximum absolute atomic E-state index is 12.9. The number of nitrogens with zero attached hydrogens (tertiary/aromatic N) is 2. The zero-order chi connectivity index (χ0) is 18.8. The van der Waals surface area contributed by atoms with Gasteiger partial charge in [-0.15, -0.1) is 0 Å². The Morgan fingerprint density at radius 3 is 2.58 bits per heavy atom. The number of hydrogen-bond acceptors (Lipinski definition) is 4. The predicted molar refractivity (Wildman–Crippen MR) is 96.9 cm³/mol. The quantitative estimate of drug-likeness (QED) is 0.814. The molecule has 1 aromatic carbocycles. The molecule has 0 spiro atoms. The Hall–Kier alpha value is -2.41. The van der Waals surface area contributed by atoms with Crippen molar-refractivity contribution < 1.29 is 19.1 Å². The van der Waals surface area contributed by atoms with Crippen LogP contribution >= 0.6 is 0 Å². The van der Waals surface area contributed by atoms with Gasteiger partial charge in [0.15, 0.2) is 0 Å². The van der Waals surface area contributed by atoms with E-state index in [-0.39, 0.29) is 30.5 Å². The van der Waals surface area contributed by atoms with Crippen LogP contribution in [0, 0.1) is 0 Å². The first-order chi connectivity index (χ1) is 12.4. The second-order valence-electron chi connectivity index (χ2n) is 7.13. The van der Waals surface area contributed by atoms with Crippen LogP contribution in [-0.2, 0) is 14.3 Å². The van der Waals surface area contributed by atoms with Crippen LogP contribution in [0.15, 0.2) is 24.3 Å². The summed E-state index contributed by atoms with van der Waals surface area (Å²) in [6, 6.07) is 6.62. The maximum Gasteiger partial charge on any atom is 0.332 e. The fourth-order valence-corrected chi connectivity index (χ4v) is 3.58. The van der Waals surface area contributed by atoms with Crippen molar-refractivity contribution in [1.29, 1.82) is 0 Å². The Morgan fingerprint density at radius 1 is 1.27 bits per heavy atom. The highest BCUT2D eigenvalue weighted by Gasteiger charge is 2.48. The molecule has 2 atom stereocenters. The third-order valence-corrected chi connectivity index (χ3v) is 5.00. The predicted octanol–water partition coefficient (Wildman–Crippen LogP) is 1.87. The molecule has 4 amide bonds. The fraction of sp³-hybridized carbons (Fsp3) is 0.526. The van der Waals surface area contributed by atoms with Crippen molar-refractivity contribution in [3.63, 3.8) is 0 Å².